The number of carbonyl (C=O) groups excluding carboxylic acids is 1. The first-order valence-corrected chi connectivity index (χ1v) is 8.28. The SMILES string of the molecule is CCOc1ccc(C(=O)N2CCNCC2)c(OCC)c1OCC.Cl. The average Bonchev–Trinajstić information content (AvgIpc) is 2.58. The van der Waals surface area contributed by atoms with Gasteiger partial charge in [-0.3, -0.25) is 4.79 Å². The summed E-state index contributed by atoms with van der Waals surface area (Å²) in [4.78, 5) is 14.7. The van der Waals surface area contributed by atoms with Crippen LogP contribution in [0.15, 0.2) is 12.1 Å². The maximum Gasteiger partial charge on any atom is 0.257 e. The van der Waals surface area contributed by atoms with Crippen LogP contribution in [0.2, 0.25) is 0 Å². The molecule has 0 radical (unpaired) electrons. The van der Waals surface area contributed by atoms with Crippen LogP contribution in [0, 0.1) is 0 Å². The minimum atomic E-state index is -0.0287. The first-order valence-electron chi connectivity index (χ1n) is 8.28. The van der Waals surface area contributed by atoms with E-state index >= 15 is 0 Å². The number of amides is 1. The van der Waals surface area contributed by atoms with Crippen LogP contribution in [0.25, 0.3) is 0 Å². The Hall–Kier alpha value is -1.66. The summed E-state index contributed by atoms with van der Waals surface area (Å²) in [7, 11) is 0. The van der Waals surface area contributed by atoms with Crippen LogP contribution < -0.4 is 19.5 Å². The summed E-state index contributed by atoms with van der Waals surface area (Å²) in [6.07, 6.45) is 0. The van der Waals surface area contributed by atoms with Crippen LogP contribution in [-0.4, -0.2) is 56.8 Å². The second kappa shape index (κ2) is 10.3. The number of nitrogens with zero attached hydrogens (tertiary/aromatic N) is 1. The molecule has 2 rings (SSSR count). The lowest BCUT2D eigenvalue weighted by Crippen LogP contribution is -2.46. The molecule has 136 valence electrons. The molecule has 1 fully saturated rings. The van der Waals surface area contributed by atoms with Gasteiger partial charge in [-0.2, -0.15) is 0 Å². The maximum atomic E-state index is 12.8. The van der Waals surface area contributed by atoms with Crippen molar-refractivity contribution in [3.8, 4) is 17.2 Å². The zero-order valence-corrected chi connectivity index (χ0v) is 15.4. The van der Waals surface area contributed by atoms with E-state index in [1.165, 1.54) is 0 Å². The van der Waals surface area contributed by atoms with Gasteiger partial charge in [-0.15, -0.1) is 12.4 Å². The molecule has 0 aliphatic carbocycles. The molecule has 0 atom stereocenters. The summed E-state index contributed by atoms with van der Waals surface area (Å²) in [6.45, 7) is 10.2. The number of carbonyl (C=O) groups is 1. The third-order valence-electron chi connectivity index (χ3n) is 3.59. The summed E-state index contributed by atoms with van der Waals surface area (Å²) >= 11 is 0. The van der Waals surface area contributed by atoms with Crippen molar-refractivity contribution in [2.45, 2.75) is 20.8 Å². The van der Waals surface area contributed by atoms with E-state index in [1.54, 1.807) is 12.1 Å². The van der Waals surface area contributed by atoms with Gasteiger partial charge in [0, 0.05) is 26.2 Å². The van der Waals surface area contributed by atoms with Gasteiger partial charge in [0.25, 0.3) is 5.91 Å². The van der Waals surface area contributed by atoms with Crippen molar-refractivity contribution in [3.63, 3.8) is 0 Å². The van der Waals surface area contributed by atoms with E-state index in [1.807, 2.05) is 25.7 Å². The van der Waals surface area contributed by atoms with Crippen molar-refractivity contribution in [3.05, 3.63) is 17.7 Å². The van der Waals surface area contributed by atoms with Gasteiger partial charge >= 0.3 is 0 Å². The molecule has 1 aromatic rings. The fourth-order valence-corrected chi connectivity index (χ4v) is 2.59. The van der Waals surface area contributed by atoms with E-state index in [2.05, 4.69) is 5.32 Å². The Morgan fingerprint density at radius 2 is 1.58 bits per heavy atom. The molecule has 0 bridgehead atoms. The molecule has 0 saturated carbocycles. The van der Waals surface area contributed by atoms with Crippen LogP contribution >= 0.6 is 12.4 Å². The molecule has 1 aromatic carbocycles. The van der Waals surface area contributed by atoms with Crippen LogP contribution in [-0.2, 0) is 0 Å². The predicted molar refractivity (Wildman–Crippen MR) is 96.0 cm³/mol. The lowest BCUT2D eigenvalue weighted by atomic mass is 10.1. The standard InChI is InChI=1S/C17H26N2O4.ClH/c1-4-21-14-8-7-13(15(22-5-2)16(14)23-6-3)17(20)19-11-9-18-10-12-19;/h7-8,18H,4-6,9-12H2,1-3H3;1H. The van der Waals surface area contributed by atoms with Crippen molar-refractivity contribution < 1.29 is 19.0 Å². The number of piperazine rings is 1. The monoisotopic (exact) mass is 358 g/mol. The van der Waals surface area contributed by atoms with Gasteiger partial charge in [-0.25, -0.2) is 0 Å². The third-order valence-corrected chi connectivity index (χ3v) is 3.59. The number of rotatable bonds is 7. The van der Waals surface area contributed by atoms with Crippen LogP contribution in [0.4, 0.5) is 0 Å². The van der Waals surface area contributed by atoms with E-state index in [-0.39, 0.29) is 18.3 Å². The van der Waals surface area contributed by atoms with Gasteiger partial charge in [0.15, 0.2) is 11.5 Å². The van der Waals surface area contributed by atoms with E-state index in [0.717, 1.165) is 13.1 Å². The molecular weight excluding hydrogens is 332 g/mol. The quantitative estimate of drug-likeness (QED) is 0.810. The van der Waals surface area contributed by atoms with Crippen LogP contribution in [0.1, 0.15) is 31.1 Å². The van der Waals surface area contributed by atoms with Crippen molar-refractivity contribution in [2.24, 2.45) is 0 Å². The summed E-state index contributed by atoms with van der Waals surface area (Å²) in [5, 5.41) is 3.25. The molecule has 0 spiro atoms. The second-order valence-electron chi connectivity index (χ2n) is 5.11. The topological polar surface area (TPSA) is 60.0 Å². The average molecular weight is 359 g/mol. The lowest BCUT2D eigenvalue weighted by Gasteiger charge is -2.28. The predicted octanol–water partition coefficient (Wildman–Crippen LogP) is 2.35. The second-order valence-corrected chi connectivity index (χ2v) is 5.11. The Kier molecular flexibility index (Phi) is 8.71. The zero-order chi connectivity index (χ0) is 16.7. The van der Waals surface area contributed by atoms with Gasteiger partial charge in [0.2, 0.25) is 5.75 Å². The molecule has 7 heteroatoms. The van der Waals surface area contributed by atoms with Gasteiger partial charge in [0.1, 0.15) is 0 Å². The first-order chi connectivity index (χ1) is 11.2. The molecule has 0 unspecified atom stereocenters. The molecule has 6 nitrogen and oxygen atoms in total. The van der Waals surface area contributed by atoms with E-state index in [9.17, 15) is 4.79 Å². The highest BCUT2D eigenvalue weighted by Gasteiger charge is 2.26. The van der Waals surface area contributed by atoms with Gasteiger partial charge in [-0.1, -0.05) is 0 Å². The number of hydrogen-bond donors (Lipinski definition) is 1. The summed E-state index contributed by atoms with van der Waals surface area (Å²) in [5.41, 5.74) is 0.528. The maximum absolute atomic E-state index is 12.8. The summed E-state index contributed by atoms with van der Waals surface area (Å²) in [5.74, 6) is 1.56. The van der Waals surface area contributed by atoms with Crippen LogP contribution in [0.3, 0.4) is 0 Å². The molecule has 1 N–H and O–H groups in total. The Morgan fingerprint density at radius 3 is 2.17 bits per heavy atom. The minimum Gasteiger partial charge on any atom is -0.490 e. The Balaban J connectivity index is 0.00000288. The van der Waals surface area contributed by atoms with Crippen molar-refractivity contribution >= 4 is 18.3 Å². The molecule has 1 heterocycles. The first kappa shape index (κ1) is 20.4. The largest absolute Gasteiger partial charge is 0.490 e. The fraction of sp³-hybridized carbons (Fsp3) is 0.588. The lowest BCUT2D eigenvalue weighted by molar-refractivity contribution is 0.0730. The van der Waals surface area contributed by atoms with Gasteiger partial charge in [0.05, 0.1) is 25.4 Å². The number of hydrogen-bond acceptors (Lipinski definition) is 5. The number of ether oxygens (including phenoxy) is 3. The van der Waals surface area contributed by atoms with Crippen LogP contribution in [0.5, 0.6) is 17.2 Å². The minimum absolute atomic E-state index is 0. The van der Waals surface area contributed by atoms with E-state index < -0.39 is 0 Å². The number of halogens is 1. The molecule has 1 saturated heterocycles. The Labute approximate surface area is 149 Å². The Morgan fingerprint density at radius 1 is 1.00 bits per heavy atom. The third kappa shape index (κ3) is 4.68. The normalized spacial score (nSPS) is 13.9. The zero-order valence-electron chi connectivity index (χ0n) is 14.6. The van der Waals surface area contributed by atoms with Crippen molar-refractivity contribution in [2.75, 3.05) is 46.0 Å². The van der Waals surface area contributed by atoms with E-state index in [4.69, 9.17) is 14.2 Å². The van der Waals surface area contributed by atoms with Gasteiger partial charge in [-0.05, 0) is 32.9 Å². The van der Waals surface area contributed by atoms with Crippen molar-refractivity contribution in [1.29, 1.82) is 0 Å². The Bertz CT molecular complexity index is 534. The van der Waals surface area contributed by atoms with E-state index in [0.29, 0.717) is 55.7 Å². The molecule has 0 aromatic heterocycles. The molecule has 1 aliphatic heterocycles. The highest BCUT2D eigenvalue weighted by atomic mass is 35.5. The highest BCUT2D eigenvalue weighted by Crippen LogP contribution is 2.41. The number of nitrogens with one attached hydrogen (secondary N) is 1. The highest BCUT2D eigenvalue weighted by molar-refractivity contribution is 5.98. The molecular formula is C17H27ClN2O4. The molecule has 1 aliphatic rings. The smallest absolute Gasteiger partial charge is 0.257 e. The number of benzene rings is 1. The summed E-state index contributed by atoms with van der Waals surface area (Å²) < 4.78 is 17.1. The van der Waals surface area contributed by atoms with Gasteiger partial charge < -0.3 is 24.4 Å². The molecule has 1 amide bonds. The fourth-order valence-electron chi connectivity index (χ4n) is 2.59. The molecule has 24 heavy (non-hydrogen) atoms. The van der Waals surface area contributed by atoms with Crippen molar-refractivity contribution in [1.82, 2.24) is 10.2 Å². The summed E-state index contributed by atoms with van der Waals surface area (Å²) in [6, 6.07) is 3.55.